The maximum atomic E-state index is 9.08. The zero-order valence-corrected chi connectivity index (χ0v) is 8.79. The summed E-state index contributed by atoms with van der Waals surface area (Å²) in [5, 5.41) is 12.3. The molecule has 0 aromatic carbocycles. The van der Waals surface area contributed by atoms with Crippen LogP contribution in [0.15, 0.2) is 0 Å². The molecule has 0 aromatic heterocycles. The van der Waals surface area contributed by atoms with Crippen LogP contribution >= 0.6 is 0 Å². The summed E-state index contributed by atoms with van der Waals surface area (Å²) in [4.78, 5) is 2.47. The average Bonchev–Trinajstić information content (AvgIpc) is 2.18. The van der Waals surface area contributed by atoms with Gasteiger partial charge < -0.3 is 10.4 Å². The summed E-state index contributed by atoms with van der Waals surface area (Å²) in [5.74, 6) is 0.507. The molecule has 0 bridgehead atoms. The van der Waals surface area contributed by atoms with Crippen LogP contribution in [0, 0.1) is 5.92 Å². The Balaban J connectivity index is 2.32. The molecule has 1 heterocycles. The summed E-state index contributed by atoms with van der Waals surface area (Å²) in [6, 6.07) is 0.597. The Morgan fingerprint density at radius 1 is 1.62 bits per heavy atom. The van der Waals surface area contributed by atoms with Crippen molar-refractivity contribution < 1.29 is 5.11 Å². The number of rotatable bonds is 4. The summed E-state index contributed by atoms with van der Waals surface area (Å²) in [5.41, 5.74) is 0. The highest BCUT2D eigenvalue weighted by Crippen LogP contribution is 2.17. The minimum absolute atomic E-state index is 0.350. The lowest BCUT2D eigenvalue weighted by molar-refractivity contribution is 0.0938. The lowest BCUT2D eigenvalue weighted by atomic mass is 9.98. The number of likely N-dealkylation sites (N-methyl/N-ethyl adjacent to an activating group) is 1. The van der Waals surface area contributed by atoms with Crippen molar-refractivity contribution in [3.63, 3.8) is 0 Å². The van der Waals surface area contributed by atoms with E-state index in [-0.39, 0.29) is 0 Å². The fraction of sp³-hybridized carbons (Fsp3) is 1.00. The standard InChI is InChI=1S/C10H22N2O/c1-9(6-11-2)12-5-3-4-10(7-12)8-13/h9-11,13H,3-8H2,1-2H3. The van der Waals surface area contributed by atoms with Crippen molar-refractivity contribution in [1.29, 1.82) is 0 Å². The Morgan fingerprint density at radius 2 is 2.38 bits per heavy atom. The van der Waals surface area contributed by atoms with E-state index in [0.29, 0.717) is 18.6 Å². The number of aliphatic hydroxyl groups is 1. The molecule has 3 nitrogen and oxygen atoms in total. The molecule has 78 valence electrons. The SMILES string of the molecule is CNCC(C)N1CCCC(CO)C1. The van der Waals surface area contributed by atoms with Crippen molar-refractivity contribution in [2.45, 2.75) is 25.8 Å². The van der Waals surface area contributed by atoms with Gasteiger partial charge in [0.25, 0.3) is 0 Å². The zero-order chi connectivity index (χ0) is 9.68. The van der Waals surface area contributed by atoms with Crippen LogP contribution in [0.4, 0.5) is 0 Å². The molecule has 13 heavy (non-hydrogen) atoms. The first kappa shape index (κ1) is 11.0. The van der Waals surface area contributed by atoms with Gasteiger partial charge >= 0.3 is 0 Å². The van der Waals surface area contributed by atoms with Gasteiger partial charge in [-0.25, -0.2) is 0 Å². The first-order valence-corrected chi connectivity index (χ1v) is 5.27. The smallest absolute Gasteiger partial charge is 0.0471 e. The van der Waals surface area contributed by atoms with Crippen LogP contribution in [-0.2, 0) is 0 Å². The Bertz CT molecular complexity index is 141. The second-order valence-electron chi connectivity index (χ2n) is 4.09. The van der Waals surface area contributed by atoms with Gasteiger partial charge in [-0.1, -0.05) is 0 Å². The van der Waals surface area contributed by atoms with Crippen LogP contribution in [-0.4, -0.2) is 49.3 Å². The molecule has 0 aliphatic carbocycles. The molecule has 1 fully saturated rings. The number of nitrogens with one attached hydrogen (secondary N) is 1. The van der Waals surface area contributed by atoms with E-state index < -0.39 is 0 Å². The lowest BCUT2D eigenvalue weighted by Crippen LogP contribution is -2.45. The summed E-state index contributed by atoms with van der Waals surface area (Å²) in [7, 11) is 1.99. The predicted octanol–water partition coefficient (Wildman–Crippen LogP) is 0.299. The number of likely N-dealkylation sites (tertiary alicyclic amines) is 1. The van der Waals surface area contributed by atoms with Crippen LogP contribution in [0.3, 0.4) is 0 Å². The molecular weight excluding hydrogens is 164 g/mol. The molecule has 0 amide bonds. The quantitative estimate of drug-likeness (QED) is 0.663. The summed E-state index contributed by atoms with van der Waals surface area (Å²) >= 11 is 0. The van der Waals surface area contributed by atoms with E-state index in [0.717, 1.165) is 13.1 Å². The fourth-order valence-electron chi connectivity index (χ4n) is 2.07. The van der Waals surface area contributed by atoms with Gasteiger partial charge in [0, 0.05) is 25.7 Å². The van der Waals surface area contributed by atoms with E-state index in [1.807, 2.05) is 7.05 Å². The van der Waals surface area contributed by atoms with Crippen LogP contribution in [0.2, 0.25) is 0 Å². The van der Waals surface area contributed by atoms with Gasteiger partial charge in [0.2, 0.25) is 0 Å². The Labute approximate surface area is 81.1 Å². The van der Waals surface area contributed by atoms with Crippen molar-refractivity contribution in [2.75, 3.05) is 33.3 Å². The maximum Gasteiger partial charge on any atom is 0.0471 e. The van der Waals surface area contributed by atoms with Crippen LogP contribution in [0.1, 0.15) is 19.8 Å². The first-order valence-electron chi connectivity index (χ1n) is 5.27. The highest BCUT2D eigenvalue weighted by atomic mass is 16.3. The largest absolute Gasteiger partial charge is 0.396 e. The third-order valence-corrected chi connectivity index (χ3v) is 2.93. The van der Waals surface area contributed by atoms with Crippen LogP contribution in [0.5, 0.6) is 0 Å². The molecule has 0 spiro atoms. The first-order chi connectivity index (χ1) is 6.27. The van der Waals surface area contributed by atoms with E-state index in [4.69, 9.17) is 5.11 Å². The Morgan fingerprint density at radius 3 is 3.00 bits per heavy atom. The van der Waals surface area contributed by atoms with Crippen molar-refractivity contribution in [2.24, 2.45) is 5.92 Å². The molecule has 3 heteroatoms. The van der Waals surface area contributed by atoms with Crippen molar-refractivity contribution in [1.82, 2.24) is 10.2 Å². The molecule has 0 radical (unpaired) electrons. The van der Waals surface area contributed by atoms with Gasteiger partial charge in [-0.05, 0) is 39.3 Å². The van der Waals surface area contributed by atoms with Gasteiger partial charge in [0.15, 0.2) is 0 Å². The van der Waals surface area contributed by atoms with Gasteiger partial charge in [-0.2, -0.15) is 0 Å². The normalized spacial score (nSPS) is 27.5. The molecule has 1 aliphatic rings. The summed E-state index contributed by atoms with van der Waals surface area (Å²) < 4.78 is 0. The molecule has 1 saturated heterocycles. The number of hydrogen-bond donors (Lipinski definition) is 2. The average molecular weight is 186 g/mol. The molecule has 1 aliphatic heterocycles. The fourth-order valence-corrected chi connectivity index (χ4v) is 2.07. The summed E-state index contributed by atoms with van der Waals surface area (Å²) in [6.07, 6.45) is 2.43. The van der Waals surface area contributed by atoms with E-state index >= 15 is 0 Å². The van der Waals surface area contributed by atoms with Crippen LogP contribution in [0.25, 0.3) is 0 Å². The van der Waals surface area contributed by atoms with E-state index in [2.05, 4.69) is 17.1 Å². The summed E-state index contributed by atoms with van der Waals surface area (Å²) in [6.45, 7) is 5.90. The second kappa shape index (κ2) is 5.58. The number of nitrogens with zero attached hydrogens (tertiary/aromatic N) is 1. The van der Waals surface area contributed by atoms with Gasteiger partial charge in [0.05, 0.1) is 0 Å². The molecule has 0 aromatic rings. The Kier molecular flexibility index (Phi) is 4.70. The molecule has 2 unspecified atom stereocenters. The predicted molar refractivity (Wildman–Crippen MR) is 54.8 cm³/mol. The molecular formula is C10H22N2O. The van der Waals surface area contributed by atoms with Crippen molar-refractivity contribution in [3.05, 3.63) is 0 Å². The number of piperidine rings is 1. The maximum absolute atomic E-state index is 9.08. The second-order valence-corrected chi connectivity index (χ2v) is 4.09. The highest BCUT2D eigenvalue weighted by molar-refractivity contribution is 4.77. The molecule has 1 rings (SSSR count). The Hall–Kier alpha value is -0.120. The third-order valence-electron chi connectivity index (χ3n) is 2.93. The van der Waals surface area contributed by atoms with Crippen molar-refractivity contribution in [3.8, 4) is 0 Å². The molecule has 2 atom stereocenters. The van der Waals surface area contributed by atoms with E-state index in [1.54, 1.807) is 0 Å². The van der Waals surface area contributed by atoms with Gasteiger partial charge in [-0.3, -0.25) is 4.90 Å². The molecule has 0 saturated carbocycles. The topological polar surface area (TPSA) is 35.5 Å². The van der Waals surface area contributed by atoms with Gasteiger partial charge in [-0.15, -0.1) is 0 Å². The highest BCUT2D eigenvalue weighted by Gasteiger charge is 2.22. The van der Waals surface area contributed by atoms with Crippen molar-refractivity contribution >= 4 is 0 Å². The minimum atomic E-state index is 0.350. The van der Waals surface area contributed by atoms with E-state index in [1.165, 1.54) is 19.4 Å². The monoisotopic (exact) mass is 186 g/mol. The number of hydrogen-bond acceptors (Lipinski definition) is 3. The van der Waals surface area contributed by atoms with E-state index in [9.17, 15) is 0 Å². The van der Waals surface area contributed by atoms with Crippen LogP contribution < -0.4 is 5.32 Å². The minimum Gasteiger partial charge on any atom is -0.396 e. The number of aliphatic hydroxyl groups excluding tert-OH is 1. The molecule has 2 N–H and O–H groups in total. The lowest BCUT2D eigenvalue weighted by Gasteiger charge is -2.36. The third kappa shape index (κ3) is 3.25. The van der Waals surface area contributed by atoms with Gasteiger partial charge in [0.1, 0.15) is 0 Å². The zero-order valence-electron chi connectivity index (χ0n) is 8.79.